The summed E-state index contributed by atoms with van der Waals surface area (Å²) in [5, 5.41) is 18.0. The molecule has 0 aliphatic rings. The van der Waals surface area contributed by atoms with Gasteiger partial charge in [-0.25, -0.2) is 19.9 Å². The maximum atomic E-state index is 10.7. The van der Waals surface area contributed by atoms with E-state index in [2.05, 4.69) is 30.6 Å². The van der Waals surface area contributed by atoms with Gasteiger partial charge in [-0.15, -0.1) is 24.8 Å². The number of halogens is 4. The molecule has 4 aromatic rings. The van der Waals surface area contributed by atoms with Gasteiger partial charge in [0, 0.05) is 41.5 Å². The standard InChI is InChI=1S/C22H20Cl2N8O2.2ClH/c1-12-20(30-13(2)29-12)17-11-28-22(31-21(17)16-5-3-14(23)9-18(16)24)26-8-7-25-19-6-4-15(10-27-19)32(33)34;;/h3-6,9-11H,7-8H2,1-2H3,(H,25,27)(H,29,30)(H,26,28,31);2*1H. The lowest BCUT2D eigenvalue weighted by Crippen LogP contribution is -2.16. The molecule has 3 heterocycles. The Morgan fingerprint density at radius 3 is 2.33 bits per heavy atom. The van der Waals surface area contributed by atoms with Gasteiger partial charge in [-0.05, 0) is 38.1 Å². The first-order valence-corrected chi connectivity index (χ1v) is 11.0. The molecular formula is C22H22Cl4N8O2. The van der Waals surface area contributed by atoms with E-state index in [1.165, 1.54) is 12.3 Å². The molecule has 0 radical (unpaired) electrons. The Labute approximate surface area is 229 Å². The second-order valence-corrected chi connectivity index (χ2v) is 8.22. The van der Waals surface area contributed by atoms with E-state index in [1.54, 1.807) is 24.4 Å². The number of H-pyrrole nitrogens is 1. The van der Waals surface area contributed by atoms with Crippen LogP contribution in [0.5, 0.6) is 0 Å². The Morgan fingerprint density at radius 2 is 1.72 bits per heavy atom. The fourth-order valence-electron chi connectivity index (χ4n) is 3.37. The van der Waals surface area contributed by atoms with Crippen molar-refractivity contribution in [2.75, 3.05) is 23.7 Å². The highest BCUT2D eigenvalue weighted by atomic mass is 35.5. The SMILES string of the molecule is Cc1nc(C)c(-c2cnc(NCCNc3ccc([N+](=O)[O-])cn3)nc2-c2ccc(Cl)cc2Cl)[nH]1.Cl.Cl. The van der Waals surface area contributed by atoms with Crippen LogP contribution in [0.1, 0.15) is 11.5 Å². The molecule has 0 amide bonds. The van der Waals surface area contributed by atoms with E-state index in [0.29, 0.717) is 46.2 Å². The summed E-state index contributed by atoms with van der Waals surface area (Å²) in [6.07, 6.45) is 2.93. The summed E-state index contributed by atoms with van der Waals surface area (Å²) in [4.78, 5) is 31.2. The van der Waals surface area contributed by atoms with Gasteiger partial charge in [0.1, 0.15) is 17.8 Å². The summed E-state index contributed by atoms with van der Waals surface area (Å²) < 4.78 is 0. The molecular weight excluding hydrogens is 550 g/mol. The first kappa shape index (κ1) is 29.1. The van der Waals surface area contributed by atoms with Gasteiger partial charge in [-0.2, -0.15) is 0 Å². The van der Waals surface area contributed by atoms with Crippen molar-refractivity contribution in [3.8, 4) is 22.5 Å². The zero-order valence-electron chi connectivity index (χ0n) is 19.1. The summed E-state index contributed by atoms with van der Waals surface area (Å²) in [5.41, 5.74) is 3.69. The van der Waals surface area contributed by atoms with E-state index < -0.39 is 4.92 Å². The Kier molecular flexibility index (Phi) is 10.2. The lowest BCUT2D eigenvalue weighted by molar-refractivity contribution is -0.385. The number of pyridine rings is 1. The molecule has 0 saturated carbocycles. The Balaban J connectivity index is 0.00000228. The zero-order chi connectivity index (χ0) is 24.2. The molecule has 0 fully saturated rings. The van der Waals surface area contributed by atoms with Crippen LogP contribution in [0, 0.1) is 24.0 Å². The van der Waals surface area contributed by atoms with Crippen molar-refractivity contribution in [1.29, 1.82) is 0 Å². The molecule has 10 nitrogen and oxygen atoms in total. The van der Waals surface area contributed by atoms with Gasteiger partial charge in [0.2, 0.25) is 5.95 Å². The smallest absolute Gasteiger partial charge is 0.287 e. The number of aromatic amines is 1. The van der Waals surface area contributed by atoms with Crippen LogP contribution in [0.3, 0.4) is 0 Å². The Morgan fingerprint density at radius 1 is 0.972 bits per heavy atom. The number of benzene rings is 1. The van der Waals surface area contributed by atoms with Crippen LogP contribution in [0.2, 0.25) is 10.0 Å². The number of imidazole rings is 1. The van der Waals surface area contributed by atoms with E-state index >= 15 is 0 Å². The quantitative estimate of drug-likeness (QED) is 0.131. The predicted molar refractivity (Wildman–Crippen MR) is 147 cm³/mol. The highest BCUT2D eigenvalue weighted by Gasteiger charge is 2.18. The molecule has 4 rings (SSSR count). The second kappa shape index (κ2) is 12.7. The van der Waals surface area contributed by atoms with Crippen molar-refractivity contribution in [3.63, 3.8) is 0 Å². The van der Waals surface area contributed by atoms with Gasteiger partial charge >= 0.3 is 0 Å². The van der Waals surface area contributed by atoms with E-state index in [0.717, 1.165) is 22.8 Å². The third-order valence-electron chi connectivity index (χ3n) is 4.92. The number of nitro groups is 1. The second-order valence-electron chi connectivity index (χ2n) is 7.37. The number of nitrogens with zero attached hydrogens (tertiary/aromatic N) is 5. The van der Waals surface area contributed by atoms with Gasteiger partial charge in [-0.3, -0.25) is 10.1 Å². The van der Waals surface area contributed by atoms with Crippen LogP contribution in [-0.4, -0.2) is 42.9 Å². The van der Waals surface area contributed by atoms with Gasteiger partial charge in [0.05, 0.1) is 27.0 Å². The number of nitrogens with one attached hydrogen (secondary N) is 3. The van der Waals surface area contributed by atoms with Crippen molar-refractivity contribution in [1.82, 2.24) is 24.9 Å². The predicted octanol–water partition coefficient (Wildman–Crippen LogP) is 6.13. The summed E-state index contributed by atoms with van der Waals surface area (Å²) >= 11 is 12.6. The van der Waals surface area contributed by atoms with Crippen LogP contribution < -0.4 is 10.6 Å². The molecule has 0 atom stereocenters. The molecule has 1 aromatic carbocycles. The Hall–Kier alpha value is -3.18. The molecule has 0 spiro atoms. The van der Waals surface area contributed by atoms with Crippen molar-refractivity contribution < 1.29 is 4.92 Å². The number of anilines is 2. The molecule has 14 heteroatoms. The molecule has 0 aliphatic carbocycles. The van der Waals surface area contributed by atoms with E-state index in [1.807, 2.05) is 19.9 Å². The van der Waals surface area contributed by atoms with Crippen molar-refractivity contribution in [3.05, 3.63) is 74.4 Å². The minimum atomic E-state index is -0.490. The molecule has 3 N–H and O–H groups in total. The normalized spacial score (nSPS) is 10.2. The van der Waals surface area contributed by atoms with Gasteiger partial charge in [0.15, 0.2) is 0 Å². The van der Waals surface area contributed by atoms with Gasteiger partial charge in [0.25, 0.3) is 5.69 Å². The average molecular weight is 572 g/mol. The lowest BCUT2D eigenvalue weighted by Gasteiger charge is -2.13. The first-order valence-electron chi connectivity index (χ1n) is 10.3. The monoisotopic (exact) mass is 570 g/mol. The number of hydrogen-bond donors (Lipinski definition) is 3. The fourth-order valence-corrected chi connectivity index (χ4v) is 3.87. The molecule has 0 aliphatic heterocycles. The molecule has 3 aromatic heterocycles. The summed E-state index contributed by atoms with van der Waals surface area (Å²) in [5.74, 6) is 1.73. The summed E-state index contributed by atoms with van der Waals surface area (Å²) in [7, 11) is 0. The summed E-state index contributed by atoms with van der Waals surface area (Å²) in [6, 6.07) is 8.20. The first-order chi connectivity index (χ1) is 16.3. The third-order valence-corrected chi connectivity index (χ3v) is 5.47. The minimum Gasteiger partial charge on any atom is -0.368 e. The van der Waals surface area contributed by atoms with Crippen LogP contribution >= 0.6 is 48.0 Å². The summed E-state index contributed by atoms with van der Waals surface area (Å²) in [6.45, 7) is 4.77. The van der Waals surface area contributed by atoms with Crippen LogP contribution in [-0.2, 0) is 0 Å². The molecule has 190 valence electrons. The highest BCUT2D eigenvalue weighted by Crippen LogP contribution is 2.36. The van der Waals surface area contributed by atoms with E-state index in [4.69, 9.17) is 28.2 Å². The number of aryl methyl sites for hydroxylation is 2. The number of hydrogen-bond acceptors (Lipinski definition) is 8. The van der Waals surface area contributed by atoms with Crippen molar-refractivity contribution in [2.24, 2.45) is 0 Å². The van der Waals surface area contributed by atoms with Crippen LogP contribution in [0.4, 0.5) is 17.5 Å². The van der Waals surface area contributed by atoms with E-state index in [-0.39, 0.29) is 30.5 Å². The Bertz CT molecular complexity index is 1350. The highest BCUT2D eigenvalue weighted by molar-refractivity contribution is 6.36. The average Bonchev–Trinajstić information content (AvgIpc) is 3.14. The topological polar surface area (TPSA) is 135 Å². The van der Waals surface area contributed by atoms with E-state index in [9.17, 15) is 10.1 Å². The minimum absolute atomic E-state index is 0. The number of aromatic nitrogens is 5. The molecule has 36 heavy (non-hydrogen) atoms. The van der Waals surface area contributed by atoms with Gasteiger partial charge in [-0.1, -0.05) is 23.2 Å². The van der Waals surface area contributed by atoms with Crippen LogP contribution in [0.25, 0.3) is 22.5 Å². The zero-order valence-corrected chi connectivity index (χ0v) is 22.2. The van der Waals surface area contributed by atoms with Gasteiger partial charge < -0.3 is 15.6 Å². The lowest BCUT2D eigenvalue weighted by atomic mass is 10.0. The van der Waals surface area contributed by atoms with Crippen molar-refractivity contribution >= 4 is 65.5 Å². The maximum absolute atomic E-state index is 10.7. The van der Waals surface area contributed by atoms with Crippen molar-refractivity contribution in [2.45, 2.75) is 13.8 Å². The largest absolute Gasteiger partial charge is 0.368 e. The molecule has 0 saturated heterocycles. The molecule has 0 bridgehead atoms. The third kappa shape index (κ3) is 6.73. The fraction of sp³-hybridized carbons (Fsp3) is 0.182. The van der Waals surface area contributed by atoms with Crippen LogP contribution in [0.15, 0.2) is 42.7 Å². The maximum Gasteiger partial charge on any atom is 0.287 e. The molecule has 0 unspecified atom stereocenters. The number of rotatable bonds is 8.